The first-order chi connectivity index (χ1) is 9.90. The summed E-state index contributed by atoms with van der Waals surface area (Å²) in [6, 6.07) is 0. The predicted molar refractivity (Wildman–Crippen MR) is 82.4 cm³/mol. The molecule has 1 fully saturated rings. The van der Waals surface area contributed by atoms with Crippen LogP contribution in [0.4, 0.5) is 11.5 Å². The number of H-pyrrole nitrogens is 1. The van der Waals surface area contributed by atoms with Gasteiger partial charge in [0.1, 0.15) is 11.5 Å². The number of nitrogens with two attached hydrogens (primary N) is 1. The fourth-order valence-corrected chi connectivity index (χ4v) is 2.79. The third kappa shape index (κ3) is 3.47. The van der Waals surface area contributed by atoms with Gasteiger partial charge in [-0.1, -0.05) is 20.3 Å². The molecule has 2 unspecified atom stereocenters. The molecule has 0 amide bonds. The van der Waals surface area contributed by atoms with Crippen molar-refractivity contribution in [1.82, 2.24) is 9.55 Å². The number of aliphatic hydroxyl groups is 1. The topological polar surface area (TPSA) is 113 Å². The van der Waals surface area contributed by atoms with Crippen molar-refractivity contribution in [3.05, 3.63) is 20.8 Å². The number of rotatable bonds is 5. The molecule has 21 heavy (non-hydrogen) atoms. The molecule has 5 N–H and O–H groups in total. The van der Waals surface area contributed by atoms with E-state index in [0.29, 0.717) is 13.1 Å². The number of nitrogens with zero attached hydrogens (tertiary/aromatic N) is 1. The van der Waals surface area contributed by atoms with Gasteiger partial charge in [-0.05, 0) is 18.8 Å². The Kier molecular flexibility index (Phi) is 4.72. The minimum Gasteiger partial charge on any atom is -0.393 e. The van der Waals surface area contributed by atoms with E-state index in [4.69, 9.17) is 5.73 Å². The SMILES string of the molecule is CC(C)Cn1c(N)c(NCC2CCCC2O)c(=O)[nH]c1=O. The highest BCUT2D eigenvalue weighted by molar-refractivity contribution is 5.60. The minimum atomic E-state index is -0.509. The Morgan fingerprint density at radius 1 is 1.43 bits per heavy atom. The van der Waals surface area contributed by atoms with Gasteiger partial charge in [-0.3, -0.25) is 14.3 Å². The standard InChI is InChI=1S/C14H24N4O3/c1-8(2)7-18-12(15)11(13(20)17-14(18)21)16-6-9-4-3-5-10(9)19/h8-10,16,19H,3-7,15H2,1-2H3,(H,17,20,21). The van der Waals surface area contributed by atoms with Gasteiger partial charge in [-0.25, -0.2) is 4.79 Å². The highest BCUT2D eigenvalue weighted by Crippen LogP contribution is 2.26. The average Bonchev–Trinajstić information content (AvgIpc) is 2.80. The average molecular weight is 296 g/mol. The Labute approximate surface area is 123 Å². The third-order valence-corrected chi connectivity index (χ3v) is 3.95. The molecular weight excluding hydrogens is 272 g/mol. The van der Waals surface area contributed by atoms with Crippen molar-refractivity contribution in [2.75, 3.05) is 17.6 Å². The second-order valence-corrected chi connectivity index (χ2v) is 6.16. The van der Waals surface area contributed by atoms with Crippen molar-refractivity contribution in [2.24, 2.45) is 11.8 Å². The van der Waals surface area contributed by atoms with Crippen LogP contribution in [-0.2, 0) is 6.54 Å². The lowest BCUT2D eigenvalue weighted by molar-refractivity contribution is 0.138. The summed E-state index contributed by atoms with van der Waals surface area (Å²) in [5.74, 6) is 0.514. The highest BCUT2D eigenvalue weighted by atomic mass is 16.3. The molecule has 1 heterocycles. The summed E-state index contributed by atoms with van der Waals surface area (Å²) in [6.45, 7) is 4.87. The van der Waals surface area contributed by atoms with Gasteiger partial charge in [0, 0.05) is 19.0 Å². The van der Waals surface area contributed by atoms with Gasteiger partial charge < -0.3 is 16.2 Å². The number of nitrogen functional groups attached to an aromatic ring is 1. The van der Waals surface area contributed by atoms with Gasteiger partial charge in [0.2, 0.25) is 0 Å². The summed E-state index contributed by atoms with van der Waals surface area (Å²) in [6.07, 6.45) is 2.38. The molecule has 2 rings (SSSR count). The molecule has 0 spiro atoms. The van der Waals surface area contributed by atoms with Crippen molar-refractivity contribution < 1.29 is 5.11 Å². The van der Waals surface area contributed by atoms with Gasteiger partial charge >= 0.3 is 5.69 Å². The first kappa shape index (κ1) is 15.6. The zero-order valence-electron chi connectivity index (χ0n) is 12.6. The Bertz CT molecular complexity index is 605. The molecule has 2 atom stereocenters. The van der Waals surface area contributed by atoms with Crippen molar-refractivity contribution in [2.45, 2.75) is 45.8 Å². The molecule has 0 bridgehead atoms. The van der Waals surface area contributed by atoms with Crippen molar-refractivity contribution in [3.63, 3.8) is 0 Å². The van der Waals surface area contributed by atoms with Crippen LogP contribution in [0.15, 0.2) is 9.59 Å². The second kappa shape index (κ2) is 6.34. The van der Waals surface area contributed by atoms with E-state index in [2.05, 4.69) is 10.3 Å². The molecular formula is C14H24N4O3. The van der Waals surface area contributed by atoms with Gasteiger partial charge in [-0.2, -0.15) is 0 Å². The second-order valence-electron chi connectivity index (χ2n) is 6.16. The van der Waals surface area contributed by atoms with Gasteiger partial charge in [0.25, 0.3) is 5.56 Å². The van der Waals surface area contributed by atoms with Crippen LogP contribution in [0.3, 0.4) is 0 Å². The van der Waals surface area contributed by atoms with Crippen molar-refractivity contribution >= 4 is 11.5 Å². The number of aromatic amines is 1. The van der Waals surface area contributed by atoms with Gasteiger partial charge in [0.05, 0.1) is 6.10 Å². The Morgan fingerprint density at radius 2 is 2.14 bits per heavy atom. The molecule has 1 saturated carbocycles. The van der Waals surface area contributed by atoms with Crippen LogP contribution in [-0.4, -0.2) is 27.3 Å². The molecule has 1 aromatic rings. The van der Waals surface area contributed by atoms with Crippen molar-refractivity contribution in [3.8, 4) is 0 Å². The summed E-state index contributed by atoms with van der Waals surface area (Å²) in [5, 5.41) is 12.8. The number of hydrogen-bond donors (Lipinski definition) is 4. The van der Waals surface area contributed by atoms with Gasteiger partial charge in [0.15, 0.2) is 0 Å². The van der Waals surface area contributed by atoms with Crippen LogP contribution in [0.25, 0.3) is 0 Å². The quantitative estimate of drug-likeness (QED) is 0.626. The van der Waals surface area contributed by atoms with Crippen LogP contribution in [0.2, 0.25) is 0 Å². The maximum atomic E-state index is 11.9. The number of nitrogens with one attached hydrogen (secondary N) is 2. The lowest BCUT2D eigenvalue weighted by Gasteiger charge is -2.18. The molecule has 7 nitrogen and oxygen atoms in total. The normalized spacial score (nSPS) is 21.9. The third-order valence-electron chi connectivity index (χ3n) is 3.95. The molecule has 7 heteroatoms. The van der Waals surface area contributed by atoms with Crippen molar-refractivity contribution in [1.29, 1.82) is 0 Å². The van der Waals surface area contributed by atoms with E-state index in [9.17, 15) is 14.7 Å². The minimum absolute atomic E-state index is 0.120. The van der Waals surface area contributed by atoms with Crippen LogP contribution in [0.5, 0.6) is 0 Å². The molecule has 0 saturated heterocycles. The van der Waals surface area contributed by atoms with Crippen LogP contribution in [0.1, 0.15) is 33.1 Å². The summed E-state index contributed by atoms with van der Waals surface area (Å²) in [7, 11) is 0. The van der Waals surface area contributed by atoms with Gasteiger partial charge in [-0.15, -0.1) is 0 Å². The van der Waals surface area contributed by atoms with E-state index in [1.165, 1.54) is 4.57 Å². The Balaban J connectivity index is 2.22. The molecule has 1 aromatic heterocycles. The van der Waals surface area contributed by atoms with E-state index >= 15 is 0 Å². The Morgan fingerprint density at radius 3 is 2.71 bits per heavy atom. The summed E-state index contributed by atoms with van der Waals surface area (Å²) in [4.78, 5) is 26.0. The number of anilines is 2. The molecule has 118 valence electrons. The number of aromatic nitrogens is 2. The maximum absolute atomic E-state index is 11.9. The predicted octanol–water partition coefficient (Wildman–Crippen LogP) is 0.348. The number of aliphatic hydroxyl groups excluding tert-OH is 1. The zero-order chi connectivity index (χ0) is 15.6. The lowest BCUT2D eigenvalue weighted by Crippen LogP contribution is -2.36. The Hall–Kier alpha value is -1.76. The molecule has 0 aromatic carbocycles. The van der Waals surface area contributed by atoms with E-state index < -0.39 is 11.2 Å². The summed E-state index contributed by atoms with van der Waals surface area (Å²) >= 11 is 0. The fourth-order valence-electron chi connectivity index (χ4n) is 2.79. The molecule has 0 aliphatic heterocycles. The molecule has 1 aliphatic rings. The highest BCUT2D eigenvalue weighted by Gasteiger charge is 2.25. The zero-order valence-corrected chi connectivity index (χ0v) is 12.6. The first-order valence-electron chi connectivity index (χ1n) is 7.44. The van der Waals surface area contributed by atoms with E-state index in [0.717, 1.165) is 19.3 Å². The largest absolute Gasteiger partial charge is 0.393 e. The van der Waals surface area contributed by atoms with E-state index in [-0.39, 0.29) is 29.4 Å². The van der Waals surface area contributed by atoms with E-state index in [1.807, 2.05) is 13.8 Å². The van der Waals surface area contributed by atoms with Crippen LogP contribution in [0, 0.1) is 11.8 Å². The van der Waals surface area contributed by atoms with E-state index in [1.54, 1.807) is 0 Å². The van der Waals surface area contributed by atoms with Crippen LogP contribution < -0.4 is 22.3 Å². The molecule has 0 radical (unpaired) electrons. The monoisotopic (exact) mass is 296 g/mol. The smallest absolute Gasteiger partial charge is 0.330 e. The molecule has 1 aliphatic carbocycles. The summed E-state index contributed by atoms with van der Waals surface area (Å²) < 4.78 is 1.37. The first-order valence-corrected chi connectivity index (χ1v) is 7.44. The number of hydrogen-bond acceptors (Lipinski definition) is 5. The summed E-state index contributed by atoms with van der Waals surface area (Å²) in [5.41, 5.74) is 5.19. The fraction of sp³-hybridized carbons (Fsp3) is 0.714. The lowest BCUT2D eigenvalue weighted by atomic mass is 10.1. The maximum Gasteiger partial charge on any atom is 0.330 e. The van der Waals surface area contributed by atoms with Crippen LogP contribution >= 0.6 is 0 Å².